The van der Waals surface area contributed by atoms with Crippen molar-refractivity contribution in [1.29, 1.82) is 0 Å². The summed E-state index contributed by atoms with van der Waals surface area (Å²) in [6.07, 6.45) is 0. The van der Waals surface area contributed by atoms with Crippen LogP contribution in [-0.2, 0) is 5.75 Å². The third-order valence-corrected chi connectivity index (χ3v) is 5.01. The molecule has 0 amide bonds. The largest absolute Gasteiger partial charge is 0.435 e. The molecule has 5 nitrogen and oxygen atoms in total. The molecule has 9 heteroatoms. The number of benzene rings is 2. The maximum absolute atomic E-state index is 12.5. The maximum atomic E-state index is 12.5. The molecule has 2 N–H and O–H groups in total. The van der Waals surface area contributed by atoms with Crippen molar-refractivity contribution in [2.45, 2.75) is 17.5 Å². The molecule has 0 radical (unpaired) electrons. The standard InChI is InChI=1S/C16H13BrF2N4OS/c17-12-7-3-2-6-11(12)14-21-22-16(23(14)20)25-9-10-5-1-4-8-13(10)24-15(18)19/h1-8,15H,9,20H2. The second kappa shape index (κ2) is 7.83. The summed E-state index contributed by atoms with van der Waals surface area (Å²) in [6.45, 7) is -2.87. The predicted octanol–water partition coefficient (Wildman–Crippen LogP) is 4.32. The van der Waals surface area contributed by atoms with Crippen LogP contribution in [0.5, 0.6) is 5.75 Å². The number of nitrogens with two attached hydrogens (primary N) is 1. The zero-order valence-electron chi connectivity index (χ0n) is 12.8. The SMILES string of the molecule is Nn1c(SCc2ccccc2OC(F)F)nnc1-c1ccccc1Br. The highest BCUT2D eigenvalue weighted by atomic mass is 79.9. The number of aromatic nitrogens is 3. The lowest BCUT2D eigenvalue weighted by Crippen LogP contribution is -2.11. The van der Waals surface area contributed by atoms with Crippen molar-refractivity contribution in [1.82, 2.24) is 14.9 Å². The van der Waals surface area contributed by atoms with Crippen LogP contribution >= 0.6 is 27.7 Å². The molecule has 0 aliphatic rings. The predicted molar refractivity (Wildman–Crippen MR) is 95.9 cm³/mol. The summed E-state index contributed by atoms with van der Waals surface area (Å²) in [7, 11) is 0. The molecule has 130 valence electrons. The molecule has 0 fully saturated rings. The zero-order chi connectivity index (χ0) is 17.8. The Morgan fingerprint density at radius 3 is 2.60 bits per heavy atom. The molecule has 3 aromatic rings. The quantitative estimate of drug-likeness (QED) is 0.469. The van der Waals surface area contributed by atoms with Gasteiger partial charge in [0.05, 0.1) is 0 Å². The number of ether oxygens (including phenoxy) is 1. The molecule has 0 atom stereocenters. The lowest BCUT2D eigenvalue weighted by atomic mass is 10.2. The van der Waals surface area contributed by atoms with Gasteiger partial charge < -0.3 is 10.6 Å². The Morgan fingerprint density at radius 1 is 1.12 bits per heavy atom. The van der Waals surface area contributed by atoms with Crippen LogP contribution in [0.3, 0.4) is 0 Å². The Hall–Kier alpha value is -2.13. The van der Waals surface area contributed by atoms with Gasteiger partial charge in [0.1, 0.15) is 5.75 Å². The molecular weight excluding hydrogens is 414 g/mol. The van der Waals surface area contributed by atoms with Crippen LogP contribution in [0, 0.1) is 0 Å². The molecule has 1 heterocycles. The number of halogens is 3. The van der Waals surface area contributed by atoms with Crippen LogP contribution in [0.2, 0.25) is 0 Å². The molecule has 0 aliphatic carbocycles. The van der Waals surface area contributed by atoms with Crippen molar-refractivity contribution in [2.24, 2.45) is 0 Å². The van der Waals surface area contributed by atoms with Crippen LogP contribution in [0.4, 0.5) is 8.78 Å². The number of hydrogen-bond donors (Lipinski definition) is 1. The summed E-state index contributed by atoms with van der Waals surface area (Å²) in [5.41, 5.74) is 1.43. The first-order chi connectivity index (χ1) is 12.1. The number of rotatable bonds is 6. The second-order valence-corrected chi connectivity index (χ2v) is 6.73. The lowest BCUT2D eigenvalue weighted by Gasteiger charge is -2.10. The van der Waals surface area contributed by atoms with Gasteiger partial charge in [0, 0.05) is 21.4 Å². The van der Waals surface area contributed by atoms with E-state index in [4.69, 9.17) is 5.84 Å². The van der Waals surface area contributed by atoms with Gasteiger partial charge in [-0.15, -0.1) is 10.2 Å². The molecule has 3 rings (SSSR count). The van der Waals surface area contributed by atoms with Crippen molar-refractivity contribution in [3.63, 3.8) is 0 Å². The smallest absolute Gasteiger partial charge is 0.387 e. The number of hydrogen-bond acceptors (Lipinski definition) is 5. The summed E-state index contributed by atoms with van der Waals surface area (Å²) in [6, 6.07) is 14.1. The van der Waals surface area contributed by atoms with Crippen molar-refractivity contribution in [3.05, 3.63) is 58.6 Å². The Labute approximate surface area is 155 Å². The normalized spacial score (nSPS) is 11.0. The molecule has 1 aromatic heterocycles. The van der Waals surface area contributed by atoms with Gasteiger partial charge in [-0.1, -0.05) is 58.0 Å². The van der Waals surface area contributed by atoms with E-state index in [0.717, 1.165) is 10.0 Å². The molecule has 25 heavy (non-hydrogen) atoms. The molecular formula is C16H13BrF2N4OS. The van der Waals surface area contributed by atoms with Crippen molar-refractivity contribution >= 4 is 27.7 Å². The highest BCUT2D eigenvalue weighted by Crippen LogP contribution is 2.31. The minimum absolute atomic E-state index is 0.138. The summed E-state index contributed by atoms with van der Waals surface area (Å²) < 4.78 is 31.7. The number of alkyl halides is 2. The van der Waals surface area contributed by atoms with Crippen LogP contribution in [0.1, 0.15) is 5.56 Å². The highest BCUT2D eigenvalue weighted by molar-refractivity contribution is 9.10. The van der Waals surface area contributed by atoms with E-state index in [0.29, 0.717) is 22.3 Å². The van der Waals surface area contributed by atoms with Gasteiger partial charge in [-0.05, 0) is 18.2 Å². The molecule has 0 spiro atoms. The van der Waals surface area contributed by atoms with E-state index in [1.807, 2.05) is 24.3 Å². The van der Waals surface area contributed by atoms with Crippen LogP contribution in [0.15, 0.2) is 58.2 Å². The fourth-order valence-corrected chi connectivity index (χ4v) is 3.49. The van der Waals surface area contributed by atoms with Gasteiger partial charge >= 0.3 is 6.61 Å². The summed E-state index contributed by atoms with van der Waals surface area (Å²) in [4.78, 5) is 0. The van der Waals surface area contributed by atoms with Crippen LogP contribution < -0.4 is 10.6 Å². The van der Waals surface area contributed by atoms with E-state index in [-0.39, 0.29) is 5.75 Å². The van der Waals surface area contributed by atoms with Crippen molar-refractivity contribution in [2.75, 3.05) is 5.84 Å². The first-order valence-corrected chi connectivity index (χ1v) is 8.95. The van der Waals surface area contributed by atoms with E-state index in [2.05, 4.69) is 30.9 Å². The molecule has 0 saturated carbocycles. The first-order valence-electron chi connectivity index (χ1n) is 7.17. The third kappa shape index (κ3) is 4.10. The summed E-state index contributed by atoms with van der Waals surface area (Å²) >= 11 is 4.74. The lowest BCUT2D eigenvalue weighted by molar-refractivity contribution is -0.0503. The number of thioether (sulfide) groups is 1. The fraction of sp³-hybridized carbons (Fsp3) is 0.125. The minimum atomic E-state index is -2.87. The molecule has 0 bridgehead atoms. The Bertz CT molecular complexity index is 875. The molecule has 0 saturated heterocycles. The number of para-hydroxylation sites is 1. The Balaban J connectivity index is 1.79. The Morgan fingerprint density at radius 2 is 1.84 bits per heavy atom. The Kier molecular flexibility index (Phi) is 5.54. The van der Waals surface area contributed by atoms with Crippen molar-refractivity contribution < 1.29 is 13.5 Å². The topological polar surface area (TPSA) is 66.0 Å². The third-order valence-electron chi connectivity index (χ3n) is 3.32. The number of nitrogen functional groups attached to an aromatic ring is 1. The van der Waals surface area contributed by atoms with Gasteiger partial charge in [0.15, 0.2) is 5.82 Å². The van der Waals surface area contributed by atoms with Gasteiger partial charge in [0.25, 0.3) is 0 Å². The molecule has 0 aliphatic heterocycles. The van der Waals surface area contributed by atoms with E-state index >= 15 is 0 Å². The van der Waals surface area contributed by atoms with E-state index < -0.39 is 6.61 Å². The number of nitrogens with zero attached hydrogens (tertiary/aromatic N) is 3. The molecule has 2 aromatic carbocycles. The van der Waals surface area contributed by atoms with Gasteiger partial charge in [0.2, 0.25) is 5.16 Å². The monoisotopic (exact) mass is 426 g/mol. The van der Waals surface area contributed by atoms with Crippen molar-refractivity contribution in [3.8, 4) is 17.1 Å². The fourth-order valence-electron chi connectivity index (χ4n) is 2.18. The second-order valence-electron chi connectivity index (χ2n) is 4.93. The maximum Gasteiger partial charge on any atom is 0.387 e. The minimum Gasteiger partial charge on any atom is -0.435 e. The summed E-state index contributed by atoms with van der Waals surface area (Å²) in [5.74, 6) is 7.10. The first kappa shape index (κ1) is 17.7. The van der Waals surface area contributed by atoms with E-state index in [9.17, 15) is 8.78 Å². The molecule has 0 unspecified atom stereocenters. The van der Waals surface area contributed by atoms with Crippen LogP contribution in [-0.4, -0.2) is 21.5 Å². The van der Waals surface area contributed by atoms with Gasteiger partial charge in [-0.2, -0.15) is 8.78 Å². The van der Waals surface area contributed by atoms with Gasteiger partial charge in [-0.3, -0.25) is 0 Å². The highest BCUT2D eigenvalue weighted by Gasteiger charge is 2.15. The zero-order valence-corrected chi connectivity index (χ0v) is 15.2. The average molecular weight is 427 g/mol. The average Bonchev–Trinajstić information content (AvgIpc) is 2.95. The summed E-state index contributed by atoms with van der Waals surface area (Å²) in [5, 5.41) is 8.67. The van der Waals surface area contributed by atoms with Gasteiger partial charge in [-0.25, -0.2) is 4.68 Å². The van der Waals surface area contributed by atoms with E-state index in [1.165, 1.54) is 22.5 Å². The van der Waals surface area contributed by atoms with Crippen LogP contribution in [0.25, 0.3) is 11.4 Å². The van der Waals surface area contributed by atoms with E-state index in [1.54, 1.807) is 18.2 Å².